The Kier molecular flexibility index (Phi) is 4.48. The Labute approximate surface area is 105 Å². The summed E-state index contributed by atoms with van der Waals surface area (Å²) in [5.74, 6) is 0. The van der Waals surface area contributed by atoms with Crippen molar-refractivity contribution in [3.8, 4) is 11.1 Å². The molecule has 0 aromatic heterocycles. The molecular weight excluding hydrogens is 231 g/mol. The van der Waals surface area contributed by atoms with E-state index in [1.807, 2.05) is 30.3 Å². The maximum atomic E-state index is 3.45. The first-order chi connectivity index (χ1) is 6.36. The topological polar surface area (TPSA) is 0 Å². The van der Waals surface area contributed by atoms with Gasteiger partial charge in [0, 0.05) is 4.47 Å². The Morgan fingerprint density at radius 1 is 1.00 bits per heavy atom. The molecule has 0 fully saturated rings. The molecule has 0 aliphatic rings. The van der Waals surface area contributed by atoms with Crippen LogP contribution in [0.1, 0.15) is 0 Å². The van der Waals surface area contributed by atoms with Crippen molar-refractivity contribution >= 4 is 34.8 Å². The molecule has 2 aromatic rings. The van der Waals surface area contributed by atoms with E-state index in [1.165, 1.54) is 5.56 Å². The van der Waals surface area contributed by atoms with E-state index < -0.39 is 0 Å². The third-order valence-electron chi connectivity index (χ3n) is 1.84. The van der Waals surface area contributed by atoms with E-state index in [1.54, 1.807) is 0 Å². The Morgan fingerprint density at radius 3 is 2.50 bits per heavy atom. The molecule has 2 heteroatoms. The van der Waals surface area contributed by atoms with Crippen molar-refractivity contribution < 1.29 is 0 Å². The van der Waals surface area contributed by atoms with Crippen LogP contribution in [-0.4, -0.2) is 18.9 Å². The number of hydrogen-bond donors (Lipinski definition) is 0. The molecule has 0 aliphatic carbocycles. The van der Waals surface area contributed by atoms with Crippen LogP contribution in [0.25, 0.3) is 11.1 Å². The summed E-state index contributed by atoms with van der Waals surface area (Å²) < 4.78 is 1.10. The van der Waals surface area contributed by atoms with Crippen molar-refractivity contribution in [1.82, 2.24) is 0 Å². The zero-order chi connectivity index (χ0) is 9.10. The molecule has 0 amide bonds. The molecule has 0 spiro atoms. The van der Waals surface area contributed by atoms with E-state index in [2.05, 4.69) is 40.2 Å². The van der Waals surface area contributed by atoms with Crippen molar-refractivity contribution in [2.75, 3.05) is 0 Å². The van der Waals surface area contributed by atoms with Crippen LogP contribution in [0.15, 0.2) is 53.0 Å². The second kappa shape index (κ2) is 5.41. The van der Waals surface area contributed by atoms with E-state index in [9.17, 15) is 0 Å². The van der Waals surface area contributed by atoms with E-state index in [4.69, 9.17) is 0 Å². The summed E-state index contributed by atoms with van der Waals surface area (Å²) >= 11 is 3.45. The maximum absolute atomic E-state index is 3.45. The molecule has 2 aromatic carbocycles. The van der Waals surface area contributed by atoms with Crippen molar-refractivity contribution in [2.24, 2.45) is 0 Å². The molecular formula is C12H9BrLi. The summed E-state index contributed by atoms with van der Waals surface area (Å²) in [5.41, 5.74) is 2.32. The van der Waals surface area contributed by atoms with Crippen LogP contribution in [-0.2, 0) is 0 Å². The van der Waals surface area contributed by atoms with Crippen molar-refractivity contribution in [2.45, 2.75) is 0 Å². The number of benzene rings is 2. The normalized spacial score (nSPS) is 9.21. The Bertz CT molecular complexity index is 398. The summed E-state index contributed by atoms with van der Waals surface area (Å²) in [7, 11) is 0. The van der Waals surface area contributed by atoms with Gasteiger partial charge in [-0.05, 0) is 29.3 Å². The van der Waals surface area contributed by atoms with Crippen LogP contribution in [0, 0.1) is 6.07 Å². The van der Waals surface area contributed by atoms with Gasteiger partial charge in [0.15, 0.2) is 0 Å². The molecule has 2 rings (SSSR count). The molecule has 0 atom stereocenters. The summed E-state index contributed by atoms with van der Waals surface area (Å²) in [6.45, 7) is 0. The zero-order valence-corrected chi connectivity index (χ0v) is 8.58. The fourth-order valence-electron chi connectivity index (χ4n) is 1.23. The monoisotopic (exact) mass is 239 g/mol. The van der Waals surface area contributed by atoms with Crippen molar-refractivity contribution in [3.05, 3.63) is 59.1 Å². The number of hydrogen-bond acceptors (Lipinski definition) is 0. The predicted octanol–water partition coefficient (Wildman–Crippen LogP) is 3.27. The van der Waals surface area contributed by atoms with E-state index >= 15 is 0 Å². The fourth-order valence-corrected chi connectivity index (χ4v) is 1.63. The van der Waals surface area contributed by atoms with Crippen LogP contribution < -0.4 is 0 Å². The summed E-state index contributed by atoms with van der Waals surface area (Å²) in [6, 6.07) is 19.4. The van der Waals surface area contributed by atoms with Gasteiger partial charge in [0.05, 0.1) is 0 Å². The standard InChI is InChI=1S/C12H8Br.Li.H/c13-12-8-4-7-11(9-12)10-5-2-1-3-6-10;;/h1-5,7-9H;;. The first kappa shape index (κ1) is 11.6. The number of rotatable bonds is 1. The van der Waals surface area contributed by atoms with Gasteiger partial charge in [-0.1, -0.05) is 52.3 Å². The van der Waals surface area contributed by atoms with Crippen LogP contribution in [0.2, 0.25) is 0 Å². The molecule has 0 bridgehead atoms. The fraction of sp³-hybridized carbons (Fsp3) is 0. The van der Waals surface area contributed by atoms with Gasteiger partial charge in [-0.2, -0.15) is 0 Å². The van der Waals surface area contributed by atoms with Gasteiger partial charge in [-0.15, -0.1) is 0 Å². The molecule has 0 nitrogen and oxygen atoms in total. The third kappa shape index (κ3) is 2.75. The minimum absolute atomic E-state index is 0. The zero-order valence-electron chi connectivity index (χ0n) is 7.00. The van der Waals surface area contributed by atoms with Gasteiger partial charge in [0.2, 0.25) is 0 Å². The molecule has 0 aliphatic heterocycles. The Balaban J connectivity index is 0.000000980. The minimum atomic E-state index is 0. The van der Waals surface area contributed by atoms with Crippen LogP contribution in [0.3, 0.4) is 0 Å². The Hall–Kier alpha value is -0.483. The van der Waals surface area contributed by atoms with Gasteiger partial charge < -0.3 is 0 Å². The quantitative estimate of drug-likeness (QED) is 0.671. The summed E-state index contributed by atoms with van der Waals surface area (Å²) in [5, 5.41) is 0. The SMILES string of the molecule is Brc1cccc(-c2[c]cccc2)c1.[LiH]. The molecule has 0 saturated carbocycles. The van der Waals surface area contributed by atoms with Gasteiger partial charge in [0.1, 0.15) is 0 Å². The van der Waals surface area contributed by atoms with Gasteiger partial charge in [-0.3, -0.25) is 0 Å². The first-order valence-electron chi connectivity index (χ1n) is 4.09. The van der Waals surface area contributed by atoms with E-state index in [0.717, 1.165) is 10.0 Å². The van der Waals surface area contributed by atoms with Gasteiger partial charge >= 0.3 is 18.9 Å². The van der Waals surface area contributed by atoms with E-state index in [0.29, 0.717) is 0 Å². The molecule has 1 radical (unpaired) electrons. The second-order valence-electron chi connectivity index (χ2n) is 2.79. The third-order valence-corrected chi connectivity index (χ3v) is 2.34. The molecule has 0 unspecified atom stereocenters. The molecule has 0 N–H and O–H groups in total. The average Bonchev–Trinajstić information content (AvgIpc) is 2.19. The number of halogens is 1. The molecule has 0 heterocycles. The van der Waals surface area contributed by atoms with Crippen LogP contribution in [0.5, 0.6) is 0 Å². The predicted molar refractivity (Wildman–Crippen MR) is 65.6 cm³/mol. The Morgan fingerprint density at radius 2 is 1.86 bits per heavy atom. The summed E-state index contributed by atoms with van der Waals surface area (Å²) in [6.07, 6.45) is 0. The molecule has 14 heavy (non-hydrogen) atoms. The molecule has 65 valence electrons. The first-order valence-corrected chi connectivity index (χ1v) is 4.88. The van der Waals surface area contributed by atoms with E-state index in [-0.39, 0.29) is 18.9 Å². The van der Waals surface area contributed by atoms with Crippen LogP contribution >= 0.6 is 15.9 Å². The van der Waals surface area contributed by atoms with Gasteiger partial charge in [0.25, 0.3) is 0 Å². The van der Waals surface area contributed by atoms with Crippen molar-refractivity contribution in [1.29, 1.82) is 0 Å². The van der Waals surface area contributed by atoms with Gasteiger partial charge in [-0.25, -0.2) is 0 Å². The average molecular weight is 240 g/mol. The van der Waals surface area contributed by atoms with Crippen LogP contribution in [0.4, 0.5) is 0 Å². The van der Waals surface area contributed by atoms with Crippen molar-refractivity contribution in [3.63, 3.8) is 0 Å². The molecule has 0 saturated heterocycles. The summed E-state index contributed by atoms with van der Waals surface area (Å²) in [4.78, 5) is 0. The second-order valence-corrected chi connectivity index (χ2v) is 3.70.